The van der Waals surface area contributed by atoms with Gasteiger partial charge in [0.15, 0.2) is 5.17 Å². The molecule has 0 spiro atoms. The Kier molecular flexibility index (Phi) is 7.64. The lowest BCUT2D eigenvalue weighted by Crippen LogP contribution is -2.34. The van der Waals surface area contributed by atoms with Crippen LogP contribution in [0.15, 0.2) is 41.4 Å². The van der Waals surface area contributed by atoms with Crippen molar-refractivity contribution in [2.24, 2.45) is 4.99 Å². The van der Waals surface area contributed by atoms with Gasteiger partial charge in [0, 0.05) is 25.1 Å². The monoisotopic (exact) mass is 474 g/mol. The zero-order valence-electron chi connectivity index (χ0n) is 18.3. The van der Waals surface area contributed by atoms with E-state index in [9.17, 15) is 24.1 Å². The molecule has 1 unspecified atom stereocenters. The summed E-state index contributed by atoms with van der Waals surface area (Å²) in [5.74, 6) is -1.06. The Balaban J connectivity index is 1.80. The number of hydrogen-bond donors (Lipinski definition) is 1. The number of nitro groups is 1. The minimum absolute atomic E-state index is 0.123. The van der Waals surface area contributed by atoms with Crippen LogP contribution in [0.1, 0.15) is 25.3 Å². The summed E-state index contributed by atoms with van der Waals surface area (Å²) in [6.07, 6.45) is 0.469. The van der Waals surface area contributed by atoms with Gasteiger partial charge in [-0.3, -0.25) is 24.6 Å². The van der Waals surface area contributed by atoms with Gasteiger partial charge in [0.25, 0.3) is 5.69 Å². The third kappa shape index (κ3) is 5.67. The van der Waals surface area contributed by atoms with Crippen LogP contribution in [-0.2, 0) is 9.59 Å². The number of carbonyl (C=O) groups is 2. The molecule has 1 aliphatic heterocycles. The van der Waals surface area contributed by atoms with Crippen molar-refractivity contribution in [1.82, 2.24) is 4.90 Å². The first-order valence-electron chi connectivity index (χ1n) is 10.2. The van der Waals surface area contributed by atoms with Crippen LogP contribution in [0.25, 0.3) is 0 Å². The van der Waals surface area contributed by atoms with E-state index in [4.69, 9.17) is 4.74 Å². The fourth-order valence-electron chi connectivity index (χ4n) is 3.24. The molecule has 1 atom stereocenters. The summed E-state index contributed by atoms with van der Waals surface area (Å²) in [6.45, 7) is 4.10. The molecule has 1 heterocycles. The van der Waals surface area contributed by atoms with Gasteiger partial charge in [0.05, 0.1) is 17.7 Å². The van der Waals surface area contributed by atoms with E-state index >= 15 is 0 Å². The Bertz CT molecular complexity index is 1120. The molecule has 1 N–H and O–H groups in total. The average Bonchev–Trinajstić information content (AvgIpc) is 3.05. The number of anilines is 1. The van der Waals surface area contributed by atoms with E-state index in [1.54, 1.807) is 12.1 Å². The number of benzene rings is 2. The number of hydrogen-bond acceptors (Lipinski definition) is 7. The molecule has 9 nitrogen and oxygen atoms in total. The van der Waals surface area contributed by atoms with Crippen LogP contribution in [0.3, 0.4) is 0 Å². The molecule has 11 heteroatoms. The molecule has 0 aliphatic carbocycles. The Morgan fingerprint density at radius 3 is 2.76 bits per heavy atom. The Morgan fingerprint density at radius 1 is 1.33 bits per heavy atom. The number of amidine groups is 1. The van der Waals surface area contributed by atoms with Gasteiger partial charge in [-0.15, -0.1) is 0 Å². The second-order valence-electron chi connectivity index (χ2n) is 7.34. The number of halogens is 1. The van der Waals surface area contributed by atoms with Crippen LogP contribution in [0.2, 0.25) is 0 Å². The van der Waals surface area contributed by atoms with Gasteiger partial charge in [-0.2, -0.15) is 0 Å². The number of carbonyl (C=O) groups excluding carboxylic acids is 2. The number of nitrogens with zero attached hydrogens (tertiary/aromatic N) is 3. The molecule has 3 rings (SSSR count). The normalized spacial score (nSPS) is 16.8. The van der Waals surface area contributed by atoms with E-state index < -0.39 is 21.9 Å². The number of ether oxygens (including phenoxy) is 1. The van der Waals surface area contributed by atoms with Crippen molar-refractivity contribution in [3.8, 4) is 5.75 Å². The van der Waals surface area contributed by atoms with Gasteiger partial charge in [-0.1, -0.05) is 24.8 Å². The van der Waals surface area contributed by atoms with Crippen LogP contribution in [-0.4, -0.2) is 45.7 Å². The zero-order valence-corrected chi connectivity index (χ0v) is 19.1. The van der Waals surface area contributed by atoms with Gasteiger partial charge in [-0.05, 0) is 37.1 Å². The van der Waals surface area contributed by atoms with Gasteiger partial charge in [-0.25, -0.2) is 9.38 Å². The highest BCUT2D eigenvalue weighted by Crippen LogP contribution is 2.34. The number of aliphatic imine (C=N–C) groups is 1. The van der Waals surface area contributed by atoms with E-state index in [-0.39, 0.29) is 35.1 Å². The maximum atomic E-state index is 14.2. The number of methoxy groups -OCH3 is 1. The third-order valence-electron chi connectivity index (χ3n) is 4.82. The molecular weight excluding hydrogens is 451 g/mol. The Hall–Kier alpha value is -3.47. The lowest BCUT2D eigenvalue weighted by molar-refractivity contribution is -0.384. The standard InChI is InChI=1S/C22H23FN4O5S/c1-4-9-26-21(29)19(33-22(26)25-16-10-13(2)5-7-15(16)23)12-20(28)24-17-11-14(27(30)31)6-8-18(17)32-3/h5-8,10-11,19H,4,9,12H2,1-3H3,(H,24,28). The van der Waals surface area contributed by atoms with E-state index in [2.05, 4.69) is 10.3 Å². The number of rotatable bonds is 8. The molecule has 0 saturated carbocycles. The van der Waals surface area contributed by atoms with Gasteiger partial charge < -0.3 is 10.1 Å². The first-order valence-corrected chi connectivity index (χ1v) is 11.1. The second-order valence-corrected chi connectivity index (χ2v) is 8.51. The summed E-state index contributed by atoms with van der Waals surface area (Å²) in [5, 5.41) is 13.2. The molecule has 1 fully saturated rings. The number of nitro benzene ring substituents is 1. The zero-order chi connectivity index (χ0) is 24.1. The molecule has 1 aliphatic rings. The summed E-state index contributed by atoms with van der Waals surface area (Å²) < 4.78 is 19.4. The number of nitrogens with one attached hydrogen (secondary N) is 1. The Morgan fingerprint density at radius 2 is 2.09 bits per heavy atom. The third-order valence-corrected chi connectivity index (χ3v) is 6.00. The number of amides is 2. The fourth-order valence-corrected chi connectivity index (χ4v) is 4.42. The SMILES string of the molecule is CCCN1C(=O)C(CC(=O)Nc2cc([N+](=O)[O-])ccc2OC)SC1=Nc1cc(C)ccc1F. The second kappa shape index (κ2) is 10.4. The molecule has 0 aromatic heterocycles. The van der Waals surface area contributed by atoms with Crippen molar-refractivity contribution in [2.45, 2.75) is 31.9 Å². The Labute approximate surface area is 194 Å². The van der Waals surface area contributed by atoms with E-state index in [1.807, 2.05) is 13.8 Å². The van der Waals surface area contributed by atoms with Crippen LogP contribution in [0.4, 0.5) is 21.5 Å². The smallest absolute Gasteiger partial charge is 0.271 e. The largest absolute Gasteiger partial charge is 0.495 e. The van der Waals surface area contributed by atoms with E-state index in [0.717, 1.165) is 17.3 Å². The molecule has 2 aromatic carbocycles. The molecular formula is C22H23FN4O5S. The van der Waals surface area contributed by atoms with Gasteiger partial charge in [0.1, 0.15) is 22.5 Å². The predicted octanol–water partition coefficient (Wildman–Crippen LogP) is 4.42. The highest BCUT2D eigenvalue weighted by Gasteiger charge is 2.39. The molecule has 2 amide bonds. The average molecular weight is 475 g/mol. The molecule has 1 saturated heterocycles. The molecule has 2 aromatic rings. The highest BCUT2D eigenvalue weighted by atomic mass is 32.2. The van der Waals surface area contributed by atoms with Crippen LogP contribution < -0.4 is 10.1 Å². The van der Waals surface area contributed by atoms with Crippen molar-refractivity contribution >= 4 is 45.8 Å². The van der Waals surface area contributed by atoms with Crippen molar-refractivity contribution in [3.05, 3.63) is 57.9 Å². The van der Waals surface area contributed by atoms with Gasteiger partial charge >= 0.3 is 0 Å². The number of aryl methyl sites for hydroxylation is 1. The topological polar surface area (TPSA) is 114 Å². The summed E-state index contributed by atoms with van der Waals surface area (Å²) in [4.78, 5) is 41.9. The summed E-state index contributed by atoms with van der Waals surface area (Å²) in [5.41, 5.74) is 0.876. The first-order chi connectivity index (χ1) is 15.7. The van der Waals surface area contributed by atoms with Gasteiger partial charge in [0.2, 0.25) is 11.8 Å². The molecule has 0 radical (unpaired) electrons. The number of non-ortho nitro benzene ring substituents is 1. The first kappa shape index (κ1) is 24.2. The molecule has 33 heavy (non-hydrogen) atoms. The molecule has 174 valence electrons. The minimum Gasteiger partial charge on any atom is -0.495 e. The molecule has 0 bridgehead atoms. The summed E-state index contributed by atoms with van der Waals surface area (Å²) in [6, 6.07) is 8.38. The maximum Gasteiger partial charge on any atom is 0.271 e. The lowest BCUT2D eigenvalue weighted by atomic mass is 10.2. The van der Waals surface area contributed by atoms with Crippen LogP contribution in [0, 0.1) is 22.9 Å². The van der Waals surface area contributed by atoms with Crippen molar-refractivity contribution in [2.75, 3.05) is 19.0 Å². The van der Waals surface area contributed by atoms with E-state index in [0.29, 0.717) is 18.1 Å². The summed E-state index contributed by atoms with van der Waals surface area (Å²) >= 11 is 1.09. The van der Waals surface area contributed by atoms with E-state index in [1.165, 1.54) is 36.3 Å². The number of thioether (sulfide) groups is 1. The summed E-state index contributed by atoms with van der Waals surface area (Å²) in [7, 11) is 1.38. The van der Waals surface area contributed by atoms with Crippen LogP contribution in [0.5, 0.6) is 5.75 Å². The highest BCUT2D eigenvalue weighted by molar-refractivity contribution is 8.15. The quantitative estimate of drug-likeness (QED) is 0.447. The van der Waals surface area contributed by atoms with Crippen molar-refractivity contribution in [1.29, 1.82) is 0 Å². The van der Waals surface area contributed by atoms with Crippen molar-refractivity contribution in [3.63, 3.8) is 0 Å². The lowest BCUT2D eigenvalue weighted by Gasteiger charge is -2.15. The van der Waals surface area contributed by atoms with Crippen molar-refractivity contribution < 1.29 is 23.6 Å². The maximum absolute atomic E-state index is 14.2. The predicted molar refractivity (Wildman–Crippen MR) is 125 cm³/mol. The minimum atomic E-state index is -0.757. The fraction of sp³-hybridized carbons (Fsp3) is 0.318. The van der Waals surface area contributed by atoms with Crippen LogP contribution >= 0.6 is 11.8 Å².